The van der Waals surface area contributed by atoms with Crippen molar-refractivity contribution >= 4 is 23.5 Å². The molecule has 1 aromatic rings. The number of halogens is 1. The van der Waals surface area contributed by atoms with Crippen molar-refractivity contribution in [2.45, 2.75) is 19.1 Å². The van der Waals surface area contributed by atoms with Crippen LogP contribution in [0.2, 0.25) is 5.15 Å². The fourth-order valence-electron chi connectivity index (χ4n) is 1.16. The predicted octanol–water partition coefficient (Wildman–Crippen LogP) is 0.299. The van der Waals surface area contributed by atoms with Crippen LogP contribution < -0.4 is 5.32 Å². The molecule has 0 unspecified atom stereocenters. The molecule has 0 aliphatic heterocycles. The zero-order valence-corrected chi connectivity index (χ0v) is 9.68. The number of amides is 1. The van der Waals surface area contributed by atoms with Crippen LogP contribution >= 0.6 is 11.6 Å². The van der Waals surface area contributed by atoms with Crippen molar-refractivity contribution in [1.82, 2.24) is 10.3 Å². The van der Waals surface area contributed by atoms with Crippen LogP contribution in [0.25, 0.3) is 0 Å². The minimum absolute atomic E-state index is 0.126. The summed E-state index contributed by atoms with van der Waals surface area (Å²) in [6.45, 7) is 1.28. The number of pyridine rings is 1. The summed E-state index contributed by atoms with van der Waals surface area (Å²) in [7, 11) is 0. The Morgan fingerprint density at radius 2 is 2.18 bits per heavy atom. The van der Waals surface area contributed by atoms with E-state index < -0.39 is 24.0 Å². The van der Waals surface area contributed by atoms with Gasteiger partial charge in [0.05, 0.1) is 6.10 Å². The lowest BCUT2D eigenvalue weighted by Crippen LogP contribution is -2.47. The zero-order chi connectivity index (χ0) is 13.0. The molecule has 0 aromatic carbocycles. The summed E-state index contributed by atoms with van der Waals surface area (Å²) in [5.74, 6) is -1.95. The molecule has 0 bridgehead atoms. The molecule has 0 saturated heterocycles. The van der Waals surface area contributed by atoms with Crippen LogP contribution in [0.1, 0.15) is 17.3 Å². The second-order valence-corrected chi connectivity index (χ2v) is 3.78. The van der Waals surface area contributed by atoms with Crippen LogP contribution in [0.5, 0.6) is 0 Å². The Labute approximate surface area is 102 Å². The number of aliphatic carboxylic acids is 1. The van der Waals surface area contributed by atoms with Crippen LogP contribution in [0.4, 0.5) is 0 Å². The maximum Gasteiger partial charge on any atom is 0.328 e. The summed E-state index contributed by atoms with van der Waals surface area (Å²) < 4.78 is 0. The highest BCUT2D eigenvalue weighted by Gasteiger charge is 2.25. The number of rotatable bonds is 4. The zero-order valence-electron chi connectivity index (χ0n) is 8.92. The Bertz CT molecular complexity index is 436. The number of nitrogens with zero attached hydrogens (tertiary/aromatic N) is 1. The number of hydrogen-bond acceptors (Lipinski definition) is 4. The van der Waals surface area contributed by atoms with E-state index in [-0.39, 0.29) is 10.7 Å². The molecule has 1 heterocycles. The van der Waals surface area contributed by atoms with Gasteiger partial charge in [0.2, 0.25) is 0 Å². The molecule has 17 heavy (non-hydrogen) atoms. The van der Waals surface area contributed by atoms with E-state index in [0.717, 1.165) is 0 Å². The minimum Gasteiger partial charge on any atom is -0.480 e. The van der Waals surface area contributed by atoms with Crippen molar-refractivity contribution in [3.8, 4) is 0 Å². The lowest BCUT2D eigenvalue weighted by Gasteiger charge is -2.16. The van der Waals surface area contributed by atoms with E-state index in [1.807, 2.05) is 0 Å². The minimum atomic E-state index is -1.37. The number of nitrogens with one attached hydrogen (secondary N) is 1. The number of carbonyl (C=O) groups is 2. The van der Waals surface area contributed by atoms with Crippen LogP contribution in [0.3, 0.4) is 0 Å². The normalized spacial score (nSPS) is 13.8. The van der Waals surface area contributed by atoms with Gasteiger partial charge >= 0.3 is 5.97 Å². The van der Waals surface area contributed by atoms with E-state index in [9.17, 15) is 14.7 Å². The van der Waals surface area contributed by atoms with Crippen molar-refractivity contribution in [2.75, 3.05) is 0 Å². The summed E-state index contributed by atoms with van der Waals surface area (Å²) in [6, 6.07) is 1.33. The van der Waals surface area contributed by atoms with Crippen molar-refractivity contribution in [3.05, 3.63) is 29.0 Å². The van der Waals surface area contributed by atoms with E-state index in [4.69, 9.17) is 16.7 Å². The number of aliphatic hydroxyl groups is 1. The average molecular weight is 259 g/mol. The SMILES string of the molecule is C[C@@H](O)[C@H](NC(=O)c1ccnc(Cl)c1)C(=O)O. The van der Waals surface area contributed by atoms with Gasteiger partial charge in [-0.3, -0.25) is 4.79 Å². The first-order valence-electron chi connectivity index (χ1n) is 4.75. The first-order valence-corrected chi connectivity index (χ1v) is 5.13. The lowest BCUT2D eigenvalue weighted by atomic mass is 10.1. The molecule has 3 N–H and O–H groups in total. The maximum absolute atomic E-state index is 11.6. The highest BCUT2D eigenvalue weighted by molar-refractivity contribution is 6.29. The molecule has 1 amide bonds. The molecular formula is C10H11ClN2O4. The van der Waals surface area contributed by atoms with Gasteiger partial charge in [-0.05, 0) is 19.1 Å². The Hall–Kier alpha value is -1.66. The van der Waals surface area contributed by atoms with Gasteiger partial charge in [0, 0.05) is 11.8 Å². The average Bonchev–Trinajstić information content (AvgIpc) is 2.24. The van der Waals surface area contributed by atoms with Gasteiger partial charge in [0.15, 0.2) is 6.04 Å². The molecule has 0 radical (unpaired) electrons. The van der Waals surface area contributed by atoms with Gasteiger partial charge in [-0.1, -0.05) is 11.6 Å². The number of aliphatic hydroxyl groups excluding tert-OH is 1. The highest BCUT2D eigenvalue weighted by atomic mass is 35.5. The van der Waals surface area contributed by atoms with Crippen molar-refractivity contribution < 1.29 is 19.8 Å². The fourth-order valence-corrected chi connectivity index (χ4v) is 1.33. The van der Waals surface area contributed by atoms with E-state index in [1.54, 1.807) is 0 Å². The Morgan fingerprint density at radius 1 is 1.53 bits per heavy atom. The van der Waals surface area contributed by atoms with Crippen molar-refractivity contribution in [1.29, 1.82) is 0 Å². The Balaban J connectivity index is 2.81. The molecule has 1 aromatic heterocycles. The number of aromatic nitrogens is 1. The predicted molar refractivity (Wildman–Crippen MR) is 59.8 cm³/mol. The maximum atomic E-state index is 11.6. The monoisotopic (exact) mass is 258 g/mol. The second-order valence-electron chi connectivity index (χ2n) is 3.40. The molecule has 0 spiro atoms. The summed E-state index contributed by atoms with van der Waals surface area (Å²) in [6.07, 6.45) is 0.129. The van der Waals surface area contributed by atoms with E-state index in [2.05, 4.69) is 10.3 Å². The van der Waals surface area contributed by atoms with Gasteiger partial charge < -0.3 is 15.5 Å². The molecule has 0 aliphatic carbocycles. The molecule has 0 saturated carbocycles. The largest absolute Gasteiger partial charge is 0.480 e. The van der Waals surface area contributed by atoms with Crippen LogP contribution in [0, 0.1) is 0 Å². The number of carboxylic acids is 1. The molecule has 0 fully saturated rings. The van der Waals surface area contributed by atoms with E-state index in [0.29, 0.717) is 0 Å². The van der Waals surface area contributed by atoms with Gasteiger partial charge in [-0.2, -0.15) is 0 Å². The Morgan fingerprint density at radius 3 is 2.65 bits per heavy atom. The van der Waals surface area contributed by atoms with Gasteiger partial charge in [-0.25, -0.2) is 9.78 Å². The lowest BCUT2D eigenvalue weighted by molar-refractivity contribution is -0.141. The standard InChI is InChI=1S/C10H11ClN2O4/c1-5(14)8(10(16)17)13-9(15)6-2-3-12-7(11)4-6/h2-5,8,14H,1H3,(H,13,15)(H,16,17)/t5-,8+/m1/s1. The number of carbonyl (C=O) groups excluding carboxylic acids is 1. The number of hydrogen-bond donors (Lipinski definition) is 3. The third-order valence-corrected chi connectivity index (χ3v) is 2.23. The summed E-state index contributed by atoms with van der Waals surface area (Å²) in [5, 5.41) is 20.3. The third kappa shape index (κ3) is 3.69. The first-order chi connectivity index (χ1) is 7.91. The highest BCUT2D eigenvalue weighted by Crippen LogP contribution is 2.07. The molecular weight excluding hydrogens is 248 g/mol. The summed E-state index contributed by atoms with van der Waals surface area (Å²) in [4.78, 5) is 26.1. The van der Waals surface area contributed by atoms with Crippen molar-refractivity contribution in [3.63, 3.8) is 0 Å². The van der Waals surface area contributed by atoms with Crippen LogP contribution in [-0.4, -0.2) is 39.2 Å². The fraction of sp³-hybridized carbons (Fsp3) is 0.300. The van der Waals surface area contributed by atoms with Crippen LogP contribution in [-0.2, 0) is 4.79 Å². The quantitative estimate of drug-likeness (QED) is 0.675. The van der Waals surface area contributed by atoms with Crippen LogP contribution in [0.15, 0.2) is 18.3 Å². The van der Waals surface area contributed by atoms with E-state index >= 15 is 0 Å². The Kier molecular flexibility index (Phi) is 4.42. The molecule has 6 nitrogen and oxygen atoms in total. The second kappa shape index (κ2) is 5.60. The third-order valence-electron chi connectivity index (χ3n) is 2.02. The first kappa shape index (κ1) is 13.4. The van der Waals surface area contributed by atoms with Gasteiger partial charge in [0.1, 0.15) is 5.15 Å². The topological polar surface area (TPSA) is 99.5 Å². The molecule has 7 heteroatoms. The van der Waals surface area contributed by atoms with E-state index in [1.165, 1.54) is 25.3 Å². The molecule has 2 atom stereocenters. The molecule has 0 aliphatic rings. The smallest absolute Gasteiger partial charge is 0.328 e. The van der Waals surface area contributed by atoms with Crippen molar-refractivity contribution in [2.24, 2.45) is 0 Å². The molecule has 1 rings (SSSR count). The van der Waals surface area contributed by atoms with Gasteiger partial charge in [0.25, 0.3) is 5.91 Å². The molecule has 92 valence electrons. The summed E-state index contributed by atoms with van der Waals surface area (Å²) in [5.41, 5.74) is 0.178. The van der Waals surface area contributed by atoms with Gasteiger partial charge in [-0.15, -0.1) is 0 Å². The summed E-state index contributed by atoms with van der Waals surface area (Å²) >= 11 is 5.59. The number of carboxylic acid groups (broad SMARTS) is 1.